The van der Waals surface area contributed by atoms with Gasteiger partial charge in [-0.05, 0) is 37.5 Å². The second-order valence-electron chi connectivity index (χ2n) is 5.56. The standard InChI is InChI=1S/C19H20N2O/c1-4-15-18(16-11-7-5-9-13(16)2)20-21(19(15)22)17-12-8-6-10-14(17)3/h5-12,20H,4H2,1-3H3. The molecule has 0 atom stereocenters. The van der Waals surface area contributed by atoms with E-state index in [4.69, 9.17) is 0 Å². The summed E-state index contributed by atoms with van der Waals surface area (Å²) in [6.07, 6.45) is 0.706. The lowest BCUT2D eigenvalue weighted by Crippen LogP contribution is -2.17. The minimum Gasteiger partial charge on any atom is -0.290 e. The lowest BCUT2D eigenvalue weighted by atomic mass is 10.0. The van der Waals surface area contributed by atoms with Crippen LogP contribution in [0.4, 0.5) is 0 Å². The van der Waals surface area contributed by atoms with Gasteiger partial charge in [-0.3, -0.25) is 9.89 Å². The Hall–Kier alpha value is -2.55. The van der Waals surface area contributed by atoms with E-state index in [-0.39, 0.29) is 5.56 Å². The second-order valence-corrected chi connectivity index (χ2v) is 5.56. The van der Waals surface area contributed by atoms with Gasteiger partial charge >= 0.3 is 0 Å². The van der Waals surface area contributed by atoms with Gasteiger partial charge in [0, 0.05) is 11.1 Å². The van der Waals surface area contributed by atoms with Crippen LogP contribution in [0.2, 0.25) is 0 Å². The molecule has 112 valence electrons. The summed E-state index contributed by atoms with van der Waals surface area (Å²) < 4.78 is 1.66. The number of nitrogens with one attached hydrogen (secondary N) is 1. The molecule has 1 aromatic heterocycles. The molecule has 0 aliphatic rings. The van der Waals surface area contributed by atoms with E-state index in [2.05, 4.69) is 24.2 Å². The molecule has 1 N–H and O–H groups in total. The summed E-state index contributed by atoms with van der Waals surface area (Å²) in [7, 11) is 0. The highest BCUT2D eigenvalue weighted by Crippen LogP contribution is 2.25. The summed E-state index contributed by atoms with van der Waals surface area (Å²) in [5.41, 5.74) is 6.02. The van der Waals surface area contributed by atoms with Crippen molar-refractivity contribution >= 4 is 0 Å². The third-order valence-corrected chi connectivity index (χ3v) is 4.11. The van der Waals surface area contributed by atoms with Crippen LogP contribution in [-0.2, 0) is 6.42 Å². The van der Waals surface area contributed by atoms with Crippen LogP contribution in [-0.4, -0.2) is 9.78 Å². The van der Waals surface area contributed by atoms with Crippen LogP contribution in [0.3, 0.4) is 0 Å². The predicted molar refractivity (Wildman–Crippen MR) is 90.7 cm³/mol. The van der Waals surface area contributed by atoms with Crippen LogP contribution >= 0.6 is 0 Å². The molecule has 0 radical (unpaired) electrons. The molecule has 0 spiro atoms. The average molecular weight is 292 g/mol. The topological polar surface area (TPSA) is 37.8 Å². The molecule has 0 aliphatic carbocycles. The minimum atomic E-state index is 0.0371. The van der Waals surface area contributed by atoms with Gasteiger partial charge in [0.2, 0.25) is 0 Å². The summed E-state index contributed by atoms with van der Waals surface area (Å²) in [6.45, 7) is 6.11. The van der Waals surface area contributed by atoms with Crippen molar-refractivity contribution in [3.63, 3.8) is 0 Å². The number of hydrogen-bond donors (Lipinski definition) is 1. The fourth-order valence-electron chi connectivity index (χ4n) is 2.86. The van der Waals surface area contributed by atoms with Crippen molar-refractivity contribution < 1.29 is 0 Å². The Morgan fingerprint density at radius 3 is 2.23 bits per heavy atom. The molecule has 0 fully saturated rings. The third kappa shape index (κ3) is 2.29. The highest BCUT2D eigenvalue weighted by Gasteiger charge is 2.16. The highest BCUT2D eigenvalue weighted by molar-refractivity contribution is 5.67. The first-order chi connectivity index (χ1) is 10.6. The Bertz CT molecular complexity index is 871. The van der Waals surface area contributed by atoms with Gasteiger partial charge in [-0.25, -0.2) is 4.68 Å². The van der Waals surface area contributed by atoms with Crippen LogP contribution < -0.4 is 5.56 Å². The van der Waals surface area contributed by atoms with Gasteiger partial charge in [-0.2, -0.15) is 0 Å². The fraction of sp³-hybridized carbons (Fsp3) is 0.211. The second kappa shape index (κ2) is 5.68. The SMILES string of the molecule is CCc1c(-c2ccccc2C)[nH]n(-c2ccccc2C)c1=O. The van der Waals surface area contributed by atoms with Gasteiger partial charge in [0.1, 0.15) is 0 Å². The normalized spacial score (nSPS) is 10.9. The number of para-hydroxylation sites is 1. The van der Waals surface area contributed by atoms with Crippen LogP contribution in [0.5, 0.6) is 0 Å². The molecule has 1 heterocycles. The predicted octanol–water partition coefficient (Wildman–Crippen LogP) is 4.01. The summed E-state index contributed by atoms with van der Waals surface area (Å²) in [5, 5.41) is 3.32. The van der Waals surface area contributed by atoms with E-state index < -0.39 is 0 Å². The highest BCUT2D eigenvalue weighted by atomic mass is 16.1. The van der Waals surface area contributed by atoms with Gasteiger partial charge in [-0.15, -0.1) is 0 Å². The molecular weight excluding hydrogens is 272 g/mol. The van der Waals surface area contributed by atoms with E-state index in [1.54, 1.807) is 4.68 Å². The monoisotopic (exact) mass is 292 g/mol. The fourth-order valence-corrected chi connectivity index (χ4v) is 2.86. The average Bonchev–Trinajstić information content (AvgIpc) is 2.85. The van der Waals surface area contributed by atoms with Gasteiger partial charge < -0.3 is 0 Å². The molecule has 22 heavy (non-hydrogen) atoms. The van der Waals surface area contributed by atoms with Gasteiger partial charge in [-0.1, -0.05) is 49.4 Å². The molecule has 0 aliphatic heterocycles. The Balaban J connectivity index is 2.27. The number of rotatable bonds is 3. The largest absolute Gasteiger partial charge is 0.290 e. The summed E-state index contributed by atoms with van der Waals surface area (Å²) in [6, 6.07) is 16.1. The number of nitrogens with zero attached hydrogens (tertiary/aromatic N) is 1. The van der Waals surface area contributed by atoms with Gasteiger partial charge in [0.25, 0.3) is 5.56 Å². The number of hydrogen-bond acceptors (Lipinski definition) is 1. The van der Waals surface area contributed by atoms with Crippen molar-refractivity contribution in [1.29, 1.82) is 0 Å². The number of benzene rings is 2. The summed E-state index contributed by atoms with van der Waals surface area (Å²) in [4.78, 5) is 12.8. The first kappa shape index (κ1) is 14.4. The van der Waals surface area contributed by atoms with Crippen molar-refractivity contribution in [3.8, 4) is 16.9 Å². The molecule has 3 nitrogen and oxygen atoms in total. The molecule has 0 unspecified atom stereocenters. The van der Waals surface area contributed by atoms with Crippen molar-refractivity contribution in [2.75, 3.05) is 0 Å². The Labute approximate surface area is 130 Å². The molecule has 2 aromatic carbocycles. The number of aromatic amines is 1. The molecular formula is C19H20N2O. The zero-order valence-electron chi connectivity index (χ0n) is 13.2. The van der Waals surface area contributed by atoms with Crippen LogP contribution in [0.15, 0.2) is 53.3 Å². The Kier molecular flexibility index (Phi) is 3.72. The first-order valence-corrected chi connectivity index (χ1v) is 7.59. The zero-order chi connectivity index (χ0) is 15.7. The molecule has 0 bridgehead atoms. The van der Waals surface area contributed by atoms with Crippen molar-refractivity contribution in [2.45, 2.75) is 27.2 Å². The van der Waals surface area contributed by atoms with Crippen LogP contribution in [0.1, 0.15) is 23.6 Å². The third-order valence-electron chi connectivity index (χ3n) is 4.11. The summed E-state index contributed by atoms with van der Waals surface area (Å²) in [5.74, 6) is 0. The van der Waals surface area contributed by atoms with E-state index in [1.807, 2.05) is 50.2 Å². The van der Waals surface area contributed by atoms with Crippen molar-refractivity contribution in [2.24, 2.45) is 0 Å². The van der Waals surface area contributed by atoms with Gasteiger partial charge in [0.15, 0.2) is 0 Å². The number of aromatic nitrogens is 2. The van der Waals surface area contributed by atoms with Crippen molar-refractivity contribution in [1.82, 2.24) is 9.78 Å². The molecule has 3 heteroatoms. The van der Waals surface area contributed by atoms with E-state index in [1.165, 1.54) is 0 Å². The summed E-state index contributed by atoms with van der Waals surface area (Å²) >= 11 is 0. The van der Waals surface area contributed by atoms with Crippen molar-refractivity contribution in [3.05, 3.63) is 75.6 Å². The van der Waals surface area contributed by atoms with E-state index in [9.17, 15) is 4.79 Å². The molecule has 0 saturated carbocycles. The lowest BCUT2D eigenvalue weighted by molar-refractivity contribution is 0.842. The lowest BCUT2D eigenvalue weighted by Gasteiger charge is -2.07. The van der Waals surface area contributed by atoms with Crippen LogP contribution in [0.25, 0.3) is 16.9 Å². The maximum absolute atomic E-state index is 12.8. The van der Waals surface area contributed by atoms with E-state index >= 15 is 0 Å². The number of H-pyrrole nitrogens is 1. The first-order valence-electron chi connectivity index (χ1n) is 7.59. The molecule has 3 aromatic rings. The Morgan fingerprint density at radius 2 is 1.59 bits per heavy atom. The molecule has 3 rings (SSSR count). The smallest absolute Gasteiger partial charge is 0.275 e. The Morgan fingerprint density at radius 1 is 0.955 bits per heavy atom. The quantitative estimate of drug-likeness (QED) is 0.778. The van der Waals surface area contributed by atoms with Crippen LogP contribution in [0, 0.1) is 13.8 Å². The maximum atomic E-state index is 12.8. The van der Waals surface area contributed by atoms with E-state index in [0.717, 1.165) is 33.6 Å². The maximum Gasteiger partial charge on any atom is 0.275 e. The van der Waals surface area contributed by atoms with Gasteiger partial charge in [0.05, 0.1) is 11.4 Å². The minimum absolute atomic E-state index is 0.0371. The zero-order valence-corrected chi connectivity index (χ0v) is 13.2. The number of aryl methyl sites for hydroxylation is 2. The molecule has 0 saturated heterocycles. The van der Waals surface area contributed by atoms with E-state index in [0.29, 0.717) is 6.42 Å². The molecule has 0 amide bonds.